The summed E-state index contributed by atoms with van der Waals surface area (Å²) in [5.74, 6) is -0.384. The molecule has 0 saturated heterocycles. The second-order valence-electron chi connectivity index (χ2n) is 7.24. The number of benzene rings is 1. The van der Waals surface area contributed by atoms with E-state index in [9.17, 15) is 15.0 Å². The molecule has 1 saturated carbocycles. The highest BCUT2D eigenvalue weighted by Gasteiger charge is 2.72. The number of Topliss-reactive ketones (excluding diaryl/α,β-unsaturated/α-hetero) is 1. The van der Waals surface area contributed by atoms with Gasteiger partial charge < -0.3 is 24.4 Å². The quantitative estimate of drug-likeness (QED) is 0.805. The number of methoxy groups -OCH3 is 1. The summed E-state index contributed by atoms with van der Waals surface area (Å²) < 4.78 is 16.5. The van der Waals surface area contributed by atoms with Crippen molar-refractivity contribution in [2.45, 2.75) is 31.0 Å². The number of aliphatic hydroxyl groups excluding tert-OH is 2. The largest absolute Gasteiger partial charge is 0.505 e. The Hall–Kier alpha value is -2.31. The van der Waals surface area contributed by atoms with Crippen LogP contribution in [0.15, 0.2) is 42.7 Å². The second-order valence-corrected chi connectivity index (χ2v) is 7.24. The summed E-state index contributed by atoms with van der Waals surface area (Å²) in [5, 5.41) is 21.6. The van der Waals surface area contributed by atoms with Gasteiger partial charge in [-0.15, -0.1) is 6.58 Å². The van der Waals surface area contributed by atoms with E-state index in [-0.39, 0.29) is 18.5 Å². The highest BCUT2D eigenvalue weighted by Crippen LogP contribution is 2.64. The van der Waals surface area contributed by atoms with Crippen molar-refractivity contribution < 1.29 is 29.2 Å². The molecule has 4 rings (SSSR count). The molecule has 3 aliphatic rings. The fraction of sp³-hybridized carbons (Fsp3) is 0.450. The maximum Gasteiger partial charge on any atom is 0.231 e. The lowest BCUT2D eigenvalue weighted by molar-refractivity contribution is -0.161. The van der Waals surface area contributed by atoms with E-state index in [2.05, 4.69) is 6.58 Å². The monoisotopic (exact) mass is 358 g/mol. The van der Waals surface area contributed by atoms with Crippen molar-refractivity contribution in [3.63, 3.8) is 0 Å². The van der Waals surface area contributed by atoms with Crippen LogP contribution >= 0.6 is 0 Å². The van der Waals surface area contributed by atoms with E-state index in [0.29, 0.717) is 17.9 Å². The first-order valence-corrected chi connectivity index (χ1v) is 8.62. The van der Waals surface area contributed by atoms with Crippen molar-refractivity contribution in [3.8, 4) is 11.5 Å². The molecule has 2 bridgehead atoms. The second kappa shape index (κ2) is 5.59. The molecule has 5 atom stereocenters. The number of hydrogen-bond donors (Lipinski definition) is 2. The fourth-order valence-electron chi connectivity index (χ4n) is 5.08. The molecule has 6 nitrogen and oxygen atoms in total. The maximum absolute atomic E-state index is 13.0. The van der Waals surface area contributed by atoms with Gasteiger partial charge in [0.25, 0.3) is 0 Å². The molecule has 2 aliphatic carbocycles. The van der Waals surface area contributed by atoms with Gasteiger partial charge in [-0.1, -0.05) is 19.1 Å². The summed E-state index contributed by atoms with van der Waals surface area (Å²) in [7, 11) is 1.40. The summed E-state index contributed by atoms with van der Waals surface area (Å²) in [4.78, 5) is 13.0. The number of rotatable bonds is 4. The summed E-state index contributed by atoms with van der Waals surface area (Å²) in [5.41, 5.74) is -1.60. The molecule has 0 unspecified atom stereocenters. The van der Waals surface area contributed by atoms with Crippen LogP contribution in [0.1, 0.15) is 24.8 Å². The number of fused-ring (bicyclic) bond motifs is 3. The predicted octanol–water partition coefficient (Wildman–Crippen LogP) is 2.48. The number of ketones is 1. The van der Waals surface area contributed by atoms with Gasteiger partial charge in [0.05, 0.1) is 0 Å². The predicted molar refractivity (Wildman–Crippen MR) is 93.2 cm³/mol. The molecule has 2 N–H and O–H groups in total. The van der Waals surface area contributed by atoms with E-state index in [1.54, 1.807) is 12.1 Å². The molecular weight excluding hydrogens is 336 g/mol. The fourth-order valence-corrected chi connectivity index (χ4v) is 5.08. The van der Waals surface area contributed by atoms with Gasteiger partial charge in [0.15, 0.2) is 22.9 Å². The Kier molecular flexibility index (Phi) is 3.68. The van der Waals surface area contributed by atoms with Crippen molar-refractivity contribution in [2.75, 3.05) is 13.9 Å². The lowest BCUT2D eigenvalue weighted by Crippen LogP contribution is -2.57. The van der Waals surface area contributed by atoms with Crippen LogP contribution in [-0.2, 0) is 9.53 Å². The van der Waals surface area contributed by atoms with E-state index in [1.165, 1.54) is 13.2 Å². The molecule has 26 heavy (non-hydrogen) atoms. The molecule has 1 fully saturated rings. The van der Waals surface area contributed by atoms with Crippen molar-refractivity contribution in [3.05, 3.63) is 48.3 Å². The molecule has 0 aromatic heterocycles. The van der Waals surface area contributed by atoms with E-state index in [0.717, 1.165) is 5.56 Å². The molecule has 0 amide bonds. The summed E-state index contributed by atoms with van der Waals surface area (Å²) in [6.07, 6.45) is 2.49. The van der Waals surface area contributed by atoms with Crippen LogP contribution in [0.2, 0.25) is 0 Å². The maximum atomic E-state index is 13.0. The van der Waals surface area contributed by atoms with Gasteiger partial charge in [-0.05, 0) is 36.1 Å². The number of aliphatic hydroxyl groups is 2. The zero-order valence-electron chi connectivity index (χ0n) is 14.8. The first-order chi connectivity index (χ1) is 12.4. The van der Waals surface area contributed by atoms with Crippen LogP contribution < -0.4 is 9.47 Å². The summed E-state index contributed by atoms with van der Waals surface area (Å²) in [6.45, 7) is 5.90. The number of hydrogen-bond acceptors (Lipinski definition) is 6. The third-order valence-electron chi connectivity index (χ3n) is 6.31. The lowest BCUT2D eigenvalue weighted by Gasteiger charge is -2.41. The summed E-state index contributed by atoms with van der Waals surface area (Å²) in [6, 6.07) is 5.47. The first kappa shape index (κ1) is 17.1. The Bertz CT molecular complexity index is 815. The van der Waals surface area contributed by atoms with E-state index < -0.39 is 28.8 Å². The van der Waals surface area contributed by atoms with Crippen molar-refractivity contribution in [2.24, 2.45) is 11.3 Å². The van der Waals surface area contributed by atoms with Crippen LogP contribution in [0.25, 0.3) is 0 Å². The highest BCUT2D eigenvalue weighted by molar-refractivity contribution is 6.03. The van der Waals surface area contributed by atoms with Crippen molar-refractivity contribution in [1.29, 1.82) is 0 Å². The minimum atomic E-state index is -1.56. The molecule has 1 heterocycles. The number of carbonyl (C=O) groups is 1. The van der Waals surface area contributed by atoms with E-state index >= 15 is 0 Å². The molecule has 1 aromatic rings. The van der Waals surface area contributed by atoms with Gasteiger partial charge in [-0.25, -0.2) is 0 Å². The highest BCUT2D eigenvalue weighted by atomic mass is 16.7. The Balaban J connectivity index is 1.93. The zero-order valence-corrected chi connectivity index (χ0v) is 14.8. The van der Waals surface area contributed by atoms with Gasteiger partial charge in [0.2, 0.25) is 12.6 Å². The van der Waals surface area contributed by atoms with Crippen LogP contribution in [0, 0.1) is 11.3 Å². The average Bonchev–Trinajstić information content (AvgIpc) is 3.14. The van der Waals surface area contributed by atoms with Gasteiger partial charge in [0, 0.05) is 18.4 Å². The van der Waals surface area contributed by atoms with Crippen molar-refractivity contribution >= 4 is 5.78 Å². The third-order valence-corrected chi connectivity index (χ3v) is 6.31. The first-order valence-electron chi connectivity index (χ1n) is 8.62. The van der Waals surface area contributed by atoms with Crippen LogP contribution in [0.4, 0.5) is 0 Å². The number of carbonyl (C=O) groups excluding carboxylic acids is 1. The average molecular weight is 358 g/mol. The smallest absolute Gasteiger partial charge is 0.231 e. The lowest BCUT2D eigenvalue weighted by atomic mass is 9.70. The SMILES string of the molecule is C=CC[C@@]12C=C(O)C(=O)[C@@](OC)([C@H](c3ccc4c(c3)OCO4)[C@H]1C)[C@@H]2O. The Morgan fingerprint density at radius 2 is 2.12 bits per heavy atom. The van der Waals surface area contributed by atoms with Crippen LogP contribution in [-0.4, -0.2) is 41.6 Å². The summed E-state index contributed by atoms with van der Waals surface area (Å²) >= 11 is 0. The molecule has 6 heteroatoms. The van der Waals surface area contributed by atoms with Gasteiger partial charge in [0.1, 0.15) is 6.10 Å². The van der Waals surface area contributed by atoms with Gasteiger partial charge in [-0.3, -0.25) is 4.79 Å². The van der Waals surface area contributed by atoms with Gasteiger partial charge >= 0.3 is 0 Å². The third kappa shape index (κ3) is 1.86. The molecule has 0 spiro atoms. The van der Waals surface area contributed by atoms with Crippen molar-refractivity contribution in [1.82, 2.24) is 0 Å². The number of allylic oxidation sites excluding steroid dienone is 1. The molecule has 138 valence electrons. The molecule has 1 aromatic carbocycles. The topological polar surface area (TPSA) is 85.2 Å². The Morgan fingerprint density at radius 1 is 1.38 bits per heavy atom. The van der Waals surface area contributed by atoms with Crippen LogP contribution in [0.3, 0.4) is 0 Å². The van der Waals surface area contributed by atoms with Crippen LogP contribution in [0.5, 0.6) is 11.5 Å². The molecule has 0 radical (unpaired) electrons. The molecular formula is C20H22O6. The molecule has 1 aliphatic heterocycles. The minimum Gasteiger partial charge on any atom is -0.505 e. The van der Waals surface area contributed by atoms with E-state index in [1.807, 2.05) is 19.1 Å². The zero-order chi connectivity index (χ0) is 18.7. The Morgan fingerprint density at radius 3 is 2.81 bits per heavy atom. The number of ether oxygens (including phenoxy) is 3. The standard InChI is InChI=1S/C20H22O6/c1-4-7-19-9-13(21)17(22)20(24-3,18(19)23)16(11(19)2)12-5-6-14-15(8-12)26-10-25-14/h4-6,8-9,11,16,18,21,23H,1,7,10H2,2-3H3/t11-,16+,18-,19-,20+/m1/s1. The minimum absolute atomic E-state index is 0.152. The van der Waals surface area contributed by atoms with Gasteiger partial charge in [-0.2, -0.15) is 0 Å². The normalized spacial score (nSPS) is 37.6. The Labute approximate surface area is 151 Å². The van der Waals surface area contributed by atoms with E-state index in [4.69, 9.17) is 14.2 Å².